The number of rotatable bonds is 0. The highest BCUT2D eigenvalue weighted by atomic mass is 79.9. The first-order chi connectivity index (χ1) is 7.80. The van der Waals surface area contributed by atoms with Gasteiger partial charge in [-0.2, -0.15) is 0 Å². The van der Waals surface area contributed by atoms with Gasteiger partial charge in [-0.05, 0) is 34.5 Å². The molecule has 0 aliphatic rings. The molecule has 0 amide bonds. The number of nitrogens with zero attached hydrogens (tertiary/aromatic N) is 1. The normalized spacial score (nSPS) is 12.1. The molecule has 1 aromatic heterocycles. The number of anilines is 1. The summed E-state index contributed by atoms with van der Waals surface area (Å²) >= 11 is 3.60. The third kappa shape index (κ3) is 2.16. The van der Waals surface area contributed by atoms with Crippen molar-refractivity contribution < 1.29 is 0 Å². The summed E-state index contributed by atoms with van der Waals surface area (Å²) in [6, 6.07) is 6.07. The molecule has 0 atom stereocenters. The average Bonchev–Trinajstić information content (AvgIpc) is 2.22. The van der Waals surface area contributed by atoms with E-state index in [1.165, 1.54) is 5.56 Å². The Morgan fingerprint density at radius 1 is 1.24 bits per heavy atom. The van der Waals surface area contributed by atoms with Gasteiger partial charge in [0, 0.05) is 26.7 Å². The largest absolute Gasteiger partial charge is 0.398 e. The lowest BCUT2D eigenvalue weighted by Crippen LogP contribution is -2.14. The molecule has 1 aromatic carbocycles. The molecule has 2 nitrogen and oxygen atoms in total. The molecule has 1 heterocycles. The van der Waals surface area contributed by atoms with Gasteiger partial charge in [-0.15, -0.1) is 0 Å². The first-order valence-electron chi connectivity index (χ1n) is 5.66. The molecule has 2 rings (SSSR count). The van der Waals surface area contributed by atoms with Crippen molar-refractivity contribution in [1.82, 2.24) is 4.98 Å². The number of halogens is 1. The highest BCUT2D eigenvalue weighted by Crippen LogP contribution is 2.32. The van der Waals surface area contributed by atoms with Gasteiger partial charge in [0.1, 0.15) is 0 Å². The predicted molar refractivity (Wildman–Crippen MR) is 77.3 cm³/mol. The van der Waals surface area contributed by atoms with Gasteiger partial charge in [-0.1, -0.05) is 32.9 Å². The fraction of sp³-hybridized carbons (Fsp3) is 0.357. The molecule has 0 saturated carbocycles. The first-order valence-corrected chi connectivity index (χ1v) is 6.46. The van der Waals surface area contributed by atoms with Crippen LogP contribution >= 0.6 is 15.9 Å². The van der Waals surface area contributed by atoms with Gasteiger partial charge in [0.05, 0.1) is 5.52 Å². The smallest absolute Gasteiger partial charge is 0.0870 e. The molecule has 17 heavy (non-hydrogen) atoms. The molecule has 0 aliphatic heterocycles. The molecule has 0 unspecified atom stereocenters. The second kappa shape index (κ2) is 3.98. The Morgan fingerprint density at radius 3 is 2.47 bits per heavy atom. The van der Waals surface area contributed by atoms with Crippen LogP contribution in [0.1, 0.15) is 32.0 Å². The Bertz CT molecular complexity index is 583. The molecular weight excluding hydrogens is 276 g/mol. The summed E-state index contributed by atoms with van der Waals surface area (Å²) in [5.41, 5.74) is 10.1. The number of hydrogen-bond donors (Lipinski definition) is 1. The Morgan fingerprint density at radius 2 is 1.88 bits per heavy atom. The predicted octanol–water partition coefficient (Wildman–Crippen LogP) is 4.19. The van der Waals surface area contributed by atoms with Gasteiger partial charge >= 0.3 is 0 Å². The summed E-state index contributed by atoms with van der Waals surface area (Å²) in [4.78, 5) is 4.74. The number of hydrogen-bond acceptors (Lipinski definition) is 2. The number of aryl methyl sites for hydroxylation is 1. The zero-order chi connectivity index (χ0) is 12.8. The number of nitrogens with two attached hydrogens (primary N) is 1. The van der Waals surface area contributed by atoms with Gasteiger partial charge in [-0.25, -0.2) is 0 Å². The third-order valence-electron chi connectivity index (χ3n) is 2.91. The van der Waals surface area contributed by atoms with Crippen molar-refractivity contribution in [3.63, 3.8) is 0 Å². The van der Waals surface area contributed by atoms with E-state index in [0.717, 1.165) is 26.8 Å². The van der Waals surface area contributed by atoms with Crippen LogP contribution in [0.2, 0.25) is 0 Å². The summed E-state index contributed by atoms with van der Waals surface area (Å²) in [5.74, 6) is 0. The van der Waals surface area contributed by atoms with Crippen LogP contribution in [0, 0.1) is 6.92 Å². The highest BCUT2D eigenvalue weighted by molar-refractivity contribution is 9.10. The summed E-state index contributed by atoms with van der Waals surface area (Å²) < 4.78 is 1.04. The fourth-order valence-electron chi connectivity index (χ4n) is 1.77. The van der Waals surface area contributed by atoms with Crippen molar-refractivity contribution in [1.29, 1.82) is 0 Å². The van der Waals surface area contributed by atoms with E-state index in [1.807, 2.05) is 12.1 Å². The van der Waals surface area contributed by atoms with Crippen LogP contribution in [0.4, 0.5) is 5.69 Å². The molecule has 0 aliphatic carbocycles. The summed E-state index contributed by atoms with van der Waals surface area (Å²) in [5, 5.41) is 1.01. The molecular formula is C14H17BrN2. The Labute approximate surface area is 110 Å². The standard InChI is InChI=1S/C14H17BrN2/c1-8-5-6-9-10(16)7-11(14(2,3)4)17-13(9)12(8)15/h5-7H,1-4H3,(H2,16,17). The second-order valence-electron chi connectivity index (χ2n) is 5.44. The van der Waals surface area contributed by atoms with Crippen LogP contribution in [0.3, 0.4) is 0 Å². The topological polar surface area (TPSA) is 38.9 Å². The van der Waals surface area contributed by atoms with E-state index in [1.54, 1.807) is 0 Å². The number of nitrogen functional groups attached to an aromatic ring is 1. The highest BCUT2D eigenvalue weighted by Gasteiger charge is 2.18. The molecule has 2 N–H and O–H groups in total. The lowest BCUT2D eigenvalue weighted by Gasteiger charge is -2.19. The molecule has 2 aromatic rings. The molecule has 0 saturated heterocycles. The van der Waals surface area contributed by atoms with Gasteiger partial charge in [-0.3, -0.25) is 4.98 Å². The lowest BCUT2D eigenvalue weighted by atomic mass is 9.90. The molecule has 0 spiro atoms. The zero-order valence-corrected chi connectivity index (χ0v) is 12.2. The fourth-order valence-corrected chi connectivity index (χ4v) is 2.20. The van der Waals surface area contributed by atoms with Gasteiger partial charge in [0.2, 0.25) is 0 Å². The molecule has 0 radical (unpaired) electrons. The monoisotopic (exact) mass is 292 g/mol. The van der Waals surface area contributed by atoms with Crippen LogP contribution in [0.25, 0.3) is 10.9 Å². The van der Waals surface area contributed by atoms with Crippen molar-refractivity contribution in [2.75, 3.05) is 5.73 Å². The maximum atomic E-state index is 6.11. The second-order valence-corrected chi connectivity index (χ2v) is 6.23. The van der Waals surface area contributed by atoms with Gasteiger partial charge in [0.25, 0.3) is 0 Å². The lowest BCUT2D eigenvalue weighted by molar-refractivity contribution is 0.572. The van der Waals surface area contributed by atoms with E-state index >= 15 is 0 Å². The van der Waals surface area contributed by atoms with Crippen LogP contribution < -0.4 is 5.73 Å². The van der Waals surface area contributed by atoms with Crippen LogP contribution in [-0.2, 0) is 5.41 Å². The number of pyridine rings is 1. The molecule has 3 heteroatoms. The van der Waals surface area contributed by atoms with Gasteiger partial charge in [0.15, 0.2) is 0 Å². The number of benzene rings is 1. The van der Waals surface area contributed by atoms with Crippen molar-refractivity contribution >= 4 is 32.5 Å². The summed E-state index contributed by atoms with van der Waals surface area (Å²) in [7, 11) is 0. The molecule has 90 valence electrons. The van der Waals surface area contributed by atoms with Crippen LogP contribution in [0.5, 0.6) is 0 Å². The van der Waals surface area contributed by atoms with Crippen LogP contribution in [-0.4, -0.2) is 4.98 Å². The molecule has 0 bridgehead atoms. The minimum Gasteiger partial charge on any atom is -0.398 e. The Hall–Kier alpha value is -1.09. The summed E-state index contributed by atoms with van der Waals surface area (Å²) in [6.45, 7) is 8.49. The van der Waals surface area contributed by atoms with Crippen molar-refractivity contribution in [2.24, 2.45) is 0 Å². The number of fused-ring (bicyclic) bond motifs is 1. The van der Waals surface area contributed by atoms with E-state index in [0.29, 0.717) is 0 Å². The zero-order valence-electron chi connectivity index (χ0n) is 10.6. The minimum absolute atomic E-state index is 0.00545. The Kier molecular flexibility index (Phi) is 2.90. The SMILES string of the molecule is Cc1ccc2c(N)cc(C(C)(C)C)nc2c1Br. The maximum absolute atomic E-state index is 6.11. The van der Waals surface area contributed by atoms with Gasteiger partial charge < -0.3 is 5.73 Å². The Balaban J connectivity index is 2.84. The maximum Gasteiger partial charge on any atom is 0.0870 e. The first kappa shape index (κ1) is 12.4. The van der Waals surface area contributed by atoms with E-state index in [2.05, 4.69) is 49.7 Å². The average molecular weight is 293 g/mol. The summed E-state index contributed by atoms with van der Waals surface area (Å²) in [6.07, 6.45) is 0. The van der Waals surface area contributed by atoms with Crippen molar-refractivity contribution in [3.8, 4) is 0 Å². The third-order valence-corrected chi connectivity index (χ3v) is 3.91. The van der Waals surface area contributed by atoms with Crippen LogP contribution in [0.15, 0.2) is 22.7 Å². The van der Waals surface area contributed by atoms with E-state index in [9.17, 15) is 0 Å². The van der Waals surface area contributed by atoms with Crippen molar-refractivity contribution in [3.05, 3.63) is 33.9 Å². The minimum atomic E-state index is 0.00545. The van der Waals surface area contributed by atoms with E-state index < -0.39 is 0 Å². The number of aromatic nitrogens is 1. The van der Waals surface area contributed by atoms with Crippen molar-refractivity contribution in [2.45, 2.75) is 33.1 Å². The van der Waals surface area contributed by atoms with E-state index in [4.69, 9.17) is 10.7 Å². The van der Waals surface area contributed by atoms with E-state index in [-0.39, 0.29) is 5.41 Å². The quantitative estimate of drug-likeness (QED) is 0.791. The molecule has 0 fully saturated rings.